The van der Waals surface area contributed by atoms with Gasteiger partial charge in [-0.3, -0.25) is 4.79 Å². The molecule has 1 aromatic carbocycles. The number of sulfonamides is 1. The zero-order valence-corrected chi connectivity index (χ0v) is 16.9. The minimum Gasteiger partial charge on any atom is -0.352 e. The van der Waals surface area contributed by atoms with Crippen LogP contribution >= 0.6 is 0 Å². The van der Waals surface area contributed by atoms with Gasteiger partial charge in [-0.25, -0.2) is 13.1 Å². The molecule has 2 aliphatic rings. The van der Waals surface area contributed by atoms with E-state index in [1.807, 2.05) is 0 Å². The van der Waals surface area contributed by atoms with Gasteiger partial charge in [0.25, 0.3) is 5.91 Å². The van der Waals surface area contributed by atoms with Gasteiger partial charge in [0.2, 0.25) is 10.0 Å². The molecule has 1 atom stereocenters. The maximum Gasteiger partial charge on any atom is 0.251 e. The summed E-state index contributed by atoms with van der Waals surface area (Å²) in [6.07, 6.45) is 7.21. The van der Waals surface area contributed by atoms with Crippen LogP contribution < -0.4 is 15.4 Å². The molecule has 150 valence electrons. The Morgan fingerprint density at radius 1 is 1.19 bits per heavy atom. The molecule has 1 amide bonds. The van der Waals surface area contributed by atoms with E-state index in [2.05, 4.69) is 15.4 Å². The summed E-state index contributed by atoms with van der Waals surface area (Å²) in [6.45, 7) is 4.47. The second-order valence-corrected chi connectivity index (χ2v) is 9.52. The maximum absolute atomic E-state index is 12.8. The van der Waals surface area contributed by atoms with Crippen LogP contribution in [0, 0.1) is 12.8 Å². The Bertz CT molecular complexity index is 752. The second-order valence-electron chi connectivity index (χ2n) is 7.84. The fraction of sp³-hybridized carbons (Fsp3) is 0.650. The number of nitrogens with one attached hydrogen (secondary N) is 3. The Labute approximate surface area is 162 Å². The van der Waals surface area contributed by atoms with Crippen molar-refractivity contribution in [2.75, 3.05) is 19.6 Å². The fourth-order valence-electron chi connectivity index (χ4n) is 4.02. The van der Waals surface area contributed by atoms with E-state index < -0.39 is 10.0 Å². The molecule has 1 aliphatic carbocycles. The lowest BCUT2D eigenvalue weighted by Gasteiger charge is -2.22. The highest BCUT2D eigenvalue weighted by Crippen LogP contribution is 2.23. The topological polar surface area (TPSA) is 87.3 Å². The van der Waals surface area contributed by atoms with Gasteiger partial charge in [-0.15, -0.1) is 0 Å². The molecule has 2 fully saturated rings. The van der Waals surface area contributed by atoms with E-state index in [1.165, 1.54) is 18.9 Å². The fourth-order valence-corrected chi connectivity index (χ4v) is 5.60. The third-order valence-electron chi connectivity index (χ3n) is 5.65. The number of hydrogen-bond donors (Lipinski definition) is 3. The van der Waals surface area contributed by atoms with E-state index in [0.717, 1.165) is 45.2 Å². The van der Waals surface area contributed by atoms with E-state index in [1.54, 1.807) is 19.1 Å². The van der Waals surface area contributed by atoms with Crippen molar-refractivity contribution in [2.24, 2.45) is 5.92 Å². The van der Waals surface area contributed by atoms with Crippen LogP contribution in [-0.2, 0) is 10.0 Å². The molecular weight excluding hydrogens is 362 g/mol. The maximum atomic E-state index is 12.8. The molecule has 1 aliphatic heterocycles. The molecular formula is C20H31N3O3S. The van der Waals surface area contributed by atoms with Crippen LogP contribution in [0.15, 0.2) is 23.1 Å². The highest BCUT2D eigenvalue weighted by molar-refractivity contribution is 7.89. The van der Waals surface area contributed by atoms with Crippen LogP contribution in [0.4, 0.5) is 0 Å². The van der Waals surface area contributed by atoms with Crippen LogP contribution in [0.25, 0.3) is 0 Å². The van der Waals surface area contributed by atoms with Crippen LogP contribution in [0.1, 0.15) is 60.9 Å². The second kappa shape index (κ2) is 9.17. The predicted molar refractivity (Wildman–Crippen MR) is 106 cm³/mol. The van der Waals surface area contributed by atoms with E-state index in [0.29, 0.717) is 23.6 Å². The first-order valence-electron chi connectivity index (χ1n) is 10.1. The lowest BCUT2D eigenvalue weighted by atomic mass is 9.96. The zero-order chi connectivity index (χ0) is 19.3. The van der Waals surface area contributed by atoms with E-state index in [9.17, 15) is 13.2 Å². The average Bonchev–Trinajstić information content (AvgIpc) is 3.15. The summed E-state index contributed by atoms with van der Waals surface area (Å²) in [4.78, 5) is 12.7. The van der Waals surface area contributed by atoms with E-state index in [-0.39, 0.29) is 16.8 Å². The predicted octanol–water partition coefficient (Wildman–Crippen LogP) is 2.34. The summed E-state index contributed by atoms with van der Waals surface area (Å²) in [5.74, 6) is 0.389. The average molecular weight is 394 g/mol. The van der Waals surface area contributed by atoms with E-state index >= 15 is 0 Å². The minimum absolute atomic E-state index is 0.0102. The molecule has 0 bridgehead atoms. The number of carbonyl (C=O) groups is 1. The Morgan fingerprint density at radius 2 is 1.96 bits per heavy atom. The molecule has 3 N–H and O–H groups in total. The molecule has 0 spiro atoms. The summed E-state index contributed by atoms with van der Waals surface area (Å²) >= 11 is 0. The van der Waals surface area contributed by atoms with Gasteiger partial charge in [0.15, 0.2) is 0 Å². The lowest BCUT2D eigenvalue weighted by molar-refractivity contribution is 0.0950. The molecule has 1 heterocycles. The van der Waals surface area contributed by atoms with Gasteiger partial charge in [-0.1, -0.05) is 18.9 Å². The minimum atomic E-state index is -3.61. The third-order valence-corrected chi connectivity index (χ3v) is 7.32. The standard InChI is InChI=1S/C20H31N3O3S/c1-15-8-9-17(20(24)22-12-10-16-5-4-11-21-14-16)13-19(15)27(25,26)23-18-6-2-3-7-18/h8-9,13,16,18,21,23H,2-7,10-12,14H2,1H3,(H,22,24). The van der Waals surface area contributed by atoms with Gasteiger partial charge < -0.3 is 10.6 Å². The van der Waals surface area contributed by atoms with Crippen LogP contribution in [-0.4, -0.2) is 40.0 Å². The lowest BCUT2D eigenvalue weighted by Crippen LogP contribution is -2.34. The number of piperidine rings is 1. The van der Waals surface area contributed by atoms with Crippen molar-refractivity contribution in [1.29, 1.82) is 0 Å². The van der Waals surface area contributed by atoms with Gasteiger partial charge in [-0.2, -0.15) is 0 Å². The SMILES string of the molecule is Cc1ccc(C(=O)NCCC2CCCNC2)cc1S(=O)(=O)NC1CCCC1. The largest absolute Gasteiger partial charge is 0.352 e. The molecule has 1 saturated carbocycles. The summed E-state index contributed by atoms with van der Waals surface area (Å²) in [5, 5.41) is 6.31. The van der Waals surface area contributed by atoms with Crippen LogP contribution in [0.3, 0.4) is 0 Å². The Kier molecular flexibility index (Phi) is 6.89. The molecule has 1 aromatic rings. The number of carbonyl (C=O) groups excluding carboxylic acids is 1. The molecule has 1 saturated heterocycles. The van der Waals surface area contributed by atoms with Crippen molar-refractivity contribution in [2.45, 2.75) is 62.8 Å². The molecule has 0 aromatic heterocycles. The highest BCUT2D eigenvalue weighted by Gasteiger charge is 2.25. The van der Waals surface area contributed by atoms with Gasteiger partial charge >= 0.3 is 0 Å². The smallest absolute Gasteiger partial charge is 0.251 e. The monoisotopic (exact) mass is 393 g/mol. The summed E-state index contributed by atoms with van der Waals surface area (Å²) in [5.41, 5.74) is 1.06. The zero-order valence-electron chi connectivity index (χ0n) is 16.1. The van der Waals surface area contributed by atoms with Gasteiger partial charge in [0, 0.05) is 18.2 Å². The van der Waals surface area contributed by atoms with Gasteiger partial charge in [-0.05, 0) is 75.7 Å². The van der Waals surface area contributed by atoms with Crippen molar-refractivity contribution in [3.63, 3.8) is 0 Å². The first-order valence-corrected chi connectivity index (χ1v) is 11.6. The van der Waals surface area contributed by atoms with Crippen LogP contribution in [0.2, 0.25) is 0 Å². The Balaban J connectivity index is 1.62. The first kappa shape index (κ1) is 20.3. The number of amides is 1. The van der Waals surface area contributed by atoms with Gasteiger partial charge in [0.1, 0.15) is 0 Å². The van der Waals surface area contributed by atoms with Crippen LogP contribution in [0.5, 0.6) is 0 Å². The number of benzene rings is 1. The Hall–Kier alpha value is -1.44. The number of rotatable bonds is 7. The van der Waals surface area contributed by atoms with Gasteiger partial charge in [0.05, 0.1) is 4.90 Å². The molecule has 0 radical (unpaired) electrons. The summed E-state index contributed by atoms with van der Waals surface area (Å²) in [7, 11) is -3.61. The quantitative estimate of drug-likeness (QED) is 0.664. The van der Waals surface area contributed by atoms with Crippen molar-refractivity contribution in [1.82, 2.24) is 15.4 Å². The number of hydrogen-bond acceptors (Lipinski definition) is 4. The third kappa shape index (κ3) is 5.53. The number of aryl methyl sites for hydroxylation is 1. The molecule has 7 heteroatoms. The van der Waals surface area contributed by atoms with E-state index in [4.69, 9.17) is 0 Å². The van der Waals surface area contributed by atoms with Crippen molar-refractivity contribution in [3.8, 4) is 0 Å². The first-order chi connectivity index (χ1) is 13.0. The summed E-state index contributed by atoms with van der Waals surface area (Å²) in [6, 6.07) is 4.92. The molecule has 6 nitrogen and oxygen atoms in total. The van der Waals surface area contributed by atoms with Crippen molar-refractivity contribution in [3.05, 3.63) is 29.3 Å². The van der Waals surface area contributed by atoms with Crippen molar-refractivity contribution >= 4 is 15.9 Å². The highest BCUT2D eigenvalue weighted by atomic mass is 32.2. The Morgan fingerprint density at radius 3 is 2.67 bits per heavy atom. The van der Waals surface area contributed by atoms with Crippen molar-refractivity contribution < 1.29 is 13.2 Å². The molecule has 3 rings (SSSR count). The normalized spacial score (nSPS) is 21.3. The molecule has 27 heavy (non-hydrogen) atoms. The summed E-state index contributed by atoms with van der Waals surface area (Å²) < 4.78 is 28.3. The molecule has 1 unspecified atom stereocenters.